The van der Waals surface area contributed by atoms with E-state index in [9.17, 15) is 4.79 Å². The van der Waals surface area contributed by atoms with E-state index in [1.54, 1.807) is 18.3 Å². The highest BCUT2D eigenvalue weighted by Crippen LogP contribution is 2.10. The van der Waals surface area contributed by atoms with Crippen LogP contribution < -0.4 is 11.1 Å². The van der Waals surface area contributed by atoms with Crippen molar-refractivity contribution in [2.45, 2.75) is 19.4 Å². The highest BCUT2D eigenvalue weighted by atomic mass is 16.1. The Balaban J connectivity index is 1.93. The second-order valence-electron chi connectivity index (χ2n) is 4.46. The third-order valence-corrected chi connectivity index (χ3v) is 2.85. The van der Waals surface area contributed by atoms with Crippen molar-refractivity contribution in [1.82, 2.24) is 10.3 Å². The van der Waals surface area contributed by atoms with Crippen molar-refractivity contribution >= 4 is 11.6 Å². The minimum absolute atomic E-state index is 0.0251. The molecule has 19 heavy (non-hydrogen) atoms. The molecular weight excluding hydrogens is 238 g/mol. The first-order valence-electron chi connectivity index (χ1n) is 6.20. The summed E-state index contributed by atoms with van der Waals surface area (Å²) in [6.07, 6.45) is 2.06. The number of pyridine rings is 1. The van der Waals surface area contributed by atoms with Crippen molar-refractivity contribution in [3.63, 3.8) is 0 Å². The Bertz CT molecular complexity index is 537. The van der Waals surface area contributed by atoms with Crippen LogP contribution in [0.3, 0.4) is 0 Å². The Morgan fingerprint density at radius 2 is 2.00 bits per heavy atom. The number of hydrogen-bond acceptors (Lipinski definition) is 3. The van der Waals surface area contributed by atoms with Gasteiger partial charge in [-0.2, -0.15) is 0 Å². The number of carbonyl (C=O) groups excluding carboxylic acids is 1. The van der Waals surface area contributed by atoms with Crippen molar-refractivity contribution in [1.29, 1.82) is 0 Å². The van der Waals surface area contributed by atoms with Gasteiger partial charge in [-0.25, -0.2) is 0 Å². The highest BCUT2D eigenvalue weighted by molar-refractivity contribution is 5.79. The standard InChI is InChI=1S/C15H17N3O/c1-11(14-4-2-3-9-17-14)18-15(19)10-12-5-7-13(16)8-6-12/h2-9,11H,10,16H2,1H3,(H,18,19)/t11-/m0/s1. The number of nitrogen functional groups attached to an aromatic ring is 1. The lowest BCUT2D eigenvalue weighted by atomic mass is 10.1. The van der Waals surface area contributed by atoms with Gasteiger partial charge in [0.25, 0.3) is 0 Å². The molecule has 0 fully saturated rings. The van der Waals surface area contributed by atoms with E-state index in [0.29, 0.717) is 12.1 Å². The van der Waals surface area contributed by atoms with Crippen LogP contribution in [0.25, 0.3) is 0 Å². The number of aromatic nitrogens is 1. The Labute approximate surface area is 112 Å². The van der Waals surface area contributed by atoms with Crippen LogP contribution in [-0.2, 0) is 11.2 Å². The Kier molecular flexibility index (Phi) is 4.13. The van der Waals surface area contributed by atoms with E-state index in [1.807, 2.05) is 37.3 Å². The lowest BCUT2D eigenvalue weighted by Gasteiger charge is -2.13. The molecule has 1 aromatic carbocycles. The van der Waals surface area contributed by atoms with Crippen LogP contribution in [0.1, 0.15) is 24.2 Å². The first kappa shape index (κ1) is 13.1. The fourth-order valence-electron chi connectivity index (χ4n) is 1.82. The zero-order valence-electron chi connectivity index (χ0n) is 10.8. The second kappa shape index (κ2) is 6.00. The summed E-state index contributed by atoms with van der Waals surface area (Å²) in [7, 11) is 0. The molecule has 98 valence electrons. The average Bonchev–Trinajstić information content (AvgIpc) is 2.42. The second-order valence-corrected chi connectivity index (χ2v) is 4.46. The topological polar surface area (TPSA) is 68.0 Å². The van der Waals surface area contributed by atoms with Crippen LogP contribution in [-0.4, -0.2) is 10.9 Å². The van der Waals surface area contributed by atoms with E-state index in [1.165, 1.54) is 0 Å². The van der Waals surface area contributed by atoms with Crippen LogP contribution in [0.5, 0.6) is 0 Å². The highest BCUT2D eigenvalue weighted by Gasteiger charge is 2.10. The van der Waals surface area contributed by atoms with E-state index in [0.717, 1.165) is 11.3 Å². The predicted molar refractivity (Wildman–Crippen MR) is 75.4 cm³/mol. The van der Waals surface area contributed by atoms with Gasteiger partial charge in [-0.05, 0) is 36.8 Å². The normalized spacial score (nSPS) is 11.8. The fraction of sp³-hybridized carbons (Fsp3) is 0.200. The lowest BCUT2D eigenvalue weighted by molar-refractivity contribution is -0.121. The number of nitrogens with zero attached hydrogens (tertiary/aromatic N) is 1. The summed E-state index contributed by atoms with van der Waals surface area (Å²) in [5, 5.41) is 2.93. The number of anilines is 1. The van der Waals surface area contributed by atoms with Crippen LogP contribution in [0, 0.1) is 0 Å². The minimum atomic E-state index is -0.0949. The molecule has 2 rings (SSSR count). The Morgan fingerprint density at radius 3 is 2.63 bits per heavy atom. The van der Waals surface area contributed by atoms with Crippen molar-refractivity contribution in [2.75, 3.05) is 5.73 Å². The maximum absolute atomic E-state index is 11.9. The molecule has 0 radical (unpaired) electrons. The largest absolute Gasteiger partial charge is 0.399 e. The summed E-state index contributed by atoms with van der Waals surface area (Å²) >= 11 is 0. The van der Waals surface area contributed by atoms with Crippen LogP contribution in [0.2, 0.25) is 0 Å². The van der Waals surface area contributed by atoms with Crippen molar-refractivity contribution in [3.8, 4) is 0 Å². The summed E-state index contributed by atoms with van der Waals surface area (Å²) in [6.45, 7) is 1.92. The molecule has 0 saturated carbocycles. The third kappa shape index (κ3) is 3.81. The molecule has 0 unspecified atom stereocenters. The molecule has 1 atom stereocenters. The lowest BCUT2D eigenvalue weighted by Crippen LogP contribution is -2.28. The van der Waals surface area contributed by atoms with E-state index in [4.69, 9.17) is 5.73 Å². The smallest absolute Gasteiger partial charge is 0.224 e. The molecule has 0 saturated heterocycles. The molecule has 0 spiro atoms. The fourth-order valence-corrected chi connectivity index (χ4v) is 1.82. The number of carbonyl (C=O) groups is 1. The number of amides is 1. The minimum Gasteiger partial charge on any atom is -0.399 e. The maximum Gasteiger partial charge on any atom is 0.224 e. The number of benzene rings is 1. The molecule has 0 aliphatic rings. The van der Waals surface area contributed by atoms with E-state index in [2.05, 4.69) is 10.3 Å². The van der Waals surface area contributed by atoms with Gasteiger partial charge in [0.15, 0.2) is 0 Å². The van der Waals surface area contributed by atoms with E-state index < -0.39 is 0 Å². The monoisotopic (exact) mass is 255 g/mol. The maximum atomic E-state index is 11.9. The van der Waals surface area contributed by atoms with Crippen molar-refractivity contribution in [3.05, 3.63) is 59.9 Å². The summed E-state index contributed by atoms with van der Waals surface area (Å²) in [4.78, 5) is 16.1. The summed E-state index contributed by atoms with van der Waals surface area (Å²) in [6, 6.07) is 12.9. The van der Waals surface area contributed by atoms with Gasteiger partial charge in [0, 0.05) is 11.9 Å². The first-order chi connectivity index (χ1) is 9.15. The average molecular weight is 255 g/mol. The van der Waals surface area contributed by atoms with Crippen LogP contribution in [0.15, 0.2) is 48.7 Å². The summed E-state index contributed by atoms with van der Waals surface area (Å²) in [5.74, 6) is -0.0251. The van der Waals surface area contributed by atoms with Gasteiger partial charge >= 0.3 is 0 Å². The van der Waals surface area contributed by atoms with Crippen LogP contribution >= 0.6 is 0 Å². The van der Waals surface area contributed by atoms with Crippen LogP contribution in [0.4, 0.5) is 5.69 Å². The Morgan fingerprint density at radius 1 is 1.26 bits per heavy atom. The molecule has 0 bridgehead atoms. The SMILES string of the molecule is C[C@H](NC(=O)Cc1ccc(N)cc1)c1ccccn1. The number of rotatable bonds is 4. The van der Waals surface area contributed by atoms with Gasteiger partial charge in [0.1, 0.15) is 0 Å². The van der Waals surface area contributed by atoms with Gasteiger partial charge < -0.3 is 11.1 Å². The number of nitrogens with one attached hydrogen (secondary N) is 1. The van der Waals surface area contributed by atoms with Gasteiger partial charge in [-0.1, -0.05) is 18.2 Å². The Hall–Kier alpha value is -2.36. The molecule has 4 heteroatoms. The molecule has 1 aromatic heterocycles. The van der Waals surface area contributed by atoms with E-state index >= 15 is 0 Å². The van der Waals surface area contributed by atoms with Gasteiger partial charge in [0.2, 0.25) is 5.91 Å². The number of nitrogens with two attached hydrogens (primary N) is 1. The van der Waals surface area contributed by atoms with Crippen molar-refractivity contribution < 1.29 is 4.79 Å². The quantitative estimate of drug-likeness (QED) is 0.822. The summed E-state index contributed by atoms with van der Waals surface area (Å²) < 4.78 is 0. The predicted octanol–water partition coefficient (Wildman–Crippen LogP) is 2.08. The molecule has 0 aliphatic carbocycles. The zero-order valence-corrected chi connectivity index (χ0v) is 10.8. The van der Waals surface area contributed by atoms with Gasteiger partial charge in [-0.3, -0.25) is 9.78 Å². The van der Waals surface area contributed by atoms with Crippen molar-refractivity contribution in [2.24, 2.45) is 0 Å². The third-order valence-electron chi connectivity index (χ3n) is 2.85. The van der Waals surface area contributed by atoms with Gasteiger partial charge in [0.05, 0.1) is 18.2 Å². The molecule has 2 aromatic rings. The molecule has 1 amide bonds. The number of hydrogen-bond donors (Lipinski definition) is 2. The molecule has 1 heterocycles. The molecule has 3 N–H and O–H groups in total. The zero-order chi connectivity index (χ0) is 13.7. The molecular formula is C15H17N3O. The summed E-state index contributed by atoms with van der Waals surface area (Å²) in [5.41, 5.74) is 8.10. The molecule has 0 aliphatic heterocycles. The molecule has 4 nitrogen and oxygen atoms in total. The van der Waals surface area contributed by atoms with Gasteiger partial charge in [-0.15, -0.1) is 0 Å². The van der Waals surface area contributed by atoms with E-state index in [-0.39, 0.29) is 11.9 Å². The first-order valence-corrected chi connectivity index (χ1v) is 6.20.